The summed E-state index contributed by atoms with van der Waals surface area (Å²) >= 11 is 5.96. The van der Waals surface area contributed by atoms with Gasteiger partial charge in [0.1, 0.15) is 12.4 Å². The number of halogens is 1. The number of anilines is 1. The van der Waals surface area contributed by atoms with Crippen molar-refractivity contribution >= 4 is 33.2 Å². The molecule has 128 valence electrons. The van der Waals surface area contributed by atoms with Crippen molar-refractivity contribution < 1.29 is 17.9 Å². The minimum absolute atomic E-state index is 0.261. The predicted molar refractivity (Wildman–Crippen MR) is 94.2 cm³/mol. The molecule has 0 saturated heterocycles. The second-order valence-electron chi connectivity index (χ2n) is 4.99. The van der Waals surface area contributed by atoms with Crippen LogP contribution in [0.3, 0.4) is 0 Å². The molecule has 0 bridgehead atoms. The Morgan fingerprint density at radius 2 is 1.92 bits per heavy atom. The summed E-state index contributed by atoms with van der Waals surface area (Å²) in [6.07, 6.45) is 1.05. The summed E-state index contributed by atoms with van der Waals surface area (Å²) in [5.74, 6) is 0.225. The van der Waals surface area contributed by atoms with E-state index in [9.17, 15) is 13.2 Å². The molecular formula is C16H17ClN2O4S. The first-order chi connectivity index (χ1) is 11.3. The van der Waals surface area contributed by atoms with E-state index in [4.69, 9.17) is 16.3 Å². The summed E-state index contributed by atoms with van der Waals surface area (Å²) in [7, 11) is -3.39. The standard InChI is InChI=1S/C16H17ClN2O4S/c1-24(21,22)19-13-6-4-5-12(11-13)16(20)18-9-10-23-15-8-3-2-7-14(15)17/h2-8,11,19H,9-10H2,1H3,(H,18,20). The minimum atomic E-state index is -3.39. The van der Waals surface area contributed by atoms with Crippen LogP contribution in [0.4, 0.5) is 5.69 Å². The largest absolute Gasteiger partial charge is 0.490 e. The maximum absolute atomic E-state index is 12.1. The molecule has 2 aromatic carbocycles. The number of sulfonamides is 1. The summed E-state index contributed by atoms with van der Waals surface area (Å²) in [5, 5.41) is 3.20. The Morgan fingerprint density at radius 1 is 1.17 bits per heavy atom. The predicted octanol–water partition coefficient (Wildman–Crippen LogP) is 2.52. The first kappa shape index (κ1) is 18.1. The van der Waals surface area contributed by atoms with E-state index >= 15 is 0 Å². The van der Waals surface area contributed by atoms with E-state index in [1.54, 1.807) is 42.5 Å². The molecule has 0 heterocycles. The van der Waals surface area contributed by atoms with E-state index < -0.39 is 10.0 Å². The van der Waals surface area contributed by atoms with E-state index in [0.29, 0.717) is 22.0 Å². The highest BCUT2D eigenvalue weighted by molar-refractivity contribution is 7.92. The van der Waals surface area contributed by atoms with Crippen LogP contribution in [-0.2, 0) is 10.0 Å². The molecule has 2 aromatic rings. The topological polar surface area (TPSA) is 84.5 Å². The van der Waals surface area contributed by atoms with Crippen molar-refractivity contribution in [3.63, 3.8) is 0 Å². The van der Waals surface area contributed by atoms with Gasteiger partial charge < -0.3 is 10.1 Å². The summed E-state index contributed by atoms with van der Waals surface area (Å²) in [6, 6.07) is 13.3. The molecule has 8 heteroatoms. The van der Waals surface area contributed by atoms with Gasteiger partial charge in [0, 0.05) is 11.3 Å². The monoisotopic (exact) mass is 368 g/mol. The van der Waals surface area contributed by atoms with Crippen LogP contribution in [0.15, 0.2) is 48.5 Å². The molecule has 0 spiro atoms. The van der Waals surface area contributed by atoms with Gasteiger partial charge in [0.05, 0.1) is 17.8 Å². The van der Waals surface area contributed by atoms with Crippen molar-refractivity contribution in [3.05, 3.63) is 59.1 Å². The molecular weight excluding hydrogens is 352 g/mol. The summed E-state index contributed by atoms with van der Waals surface area (Å²) in [5.41, 5.74) is 0.680. The number of carbonyl (C=O) groups excluding carboxylic acids is 1. The number of nitrogens with one attached hydrogen (secondary N) is 2. The Morgan fingerprint density at radius 3 is 2.62 bits per heavy atom. The van der Waals surface area contributed by atoms with Gasteiger partial charge in [-0.3, -0.25) is 9.52 Å². The number of carbonyl (C=O) groups is 1. The van der Waals surface area contributed by atoms with Gasteiger partial charge in [0.15, 0.2) is 0 Å². The molecule has 0 fully saturated rings. The fourth-order valence-electron chi connectivity index (χ4n) is 1.93. The third-order valence-electron chi connectivity index (χ3n) is 2.91. The van der Waals surface area contributed by atoms with E-state index in [0.717, 1.165) is 6.26 Å². The van der Waals surface area contributed by atoms with Gasteiger partial charge in [-0.1, -0.05) is 29.8 Å². The molecule has 0 aliphatic carbocycles. The highest BCUT2D eigenvalue weighted by atomic mass is 35.5. The number of hydrogen-bond acceptors (Lipinski definition) is 4. The normalized spacial score (nSPS) is 10.9. The van der Waals surface area contributed by atoms with E-state index in [-0.39, 0.29) is 19.1 Å². The lowest BCUT2D eigenvalue weighted by Crippen LogP contribution is -2.28. The van der Waals surface area contributed by atoms with Crippen LogP contribution in [0.2, 0.25) is 5.02 Å². The summed E-state index contributed by atoms with van der Waals surface area (Å²) in [6.45, 7) is 0.546. The highest BCUT2D eigenvalue weighted by Crippen LogP contribution is 2.22. The minimum Gasteiger partial charge on any atom is -0.490 e. The Kier molecular flexibility index (Phi) is 6.05. The second-order valence-corrected chi connectivity index (χ2v) is 7.15. The maximum Gasteiger partial charge on any atom is 0.251 e. The molecule has 2 rings (SSSR count). The van der Waals surface area contributed by atoms with Crippen molar-refractivity contribution in [2.75, 3.05) is 24.1 Å². The molecule has 0 aliphatic heterocycles. The average molecular weight is 369 g/mol. The second kappa shape index (κ2) is 8.03. The highest BCUT2D eigenvalue weighted by Gasteiger charge is 2.08. The zero-order chi connectivity index (χ0) is 17.6. The van der Waals surface area contributed by atoms with E-state index in [2.05, 4.69) is 10.0 Å². The first-order valence-corrected chi connectivity index (χ1v) is 9.35. The Balaban J connectivity index is 1.86. The van der Waals surface area contributed by atoms with Crippen molar-refractivity contribution in [1.29, 1.82) is 0 Å². The van der Waals surface area contributed by atoms with Crippen LogP contribution in [0.5, 0.6) is 5.75 Å². The van der Waals surface area contributed by atoms with Gasteiger partial charge in [0.25, 0.3) is 5.91 Å². The molecule has 0 aromatic heterocycles. The molecule has 6 nitrogen and oxygen atoms in total. The Labute approximate surface area is 145 Å². The van der Waals surface area contributed by atoms with Crippen LogP contribution in [-0.4, -0.2) is 33.7 Å². The lowest BCUT2D eigenvalue weighted by Gasteiger charge is -2.10. The van der Waals surface area contributed by atoms with Crippen molar-refractivity contribution in [3.8, 4) is 5.75 Å². The van der Waals surface area contributed by atoms with E-state index in [1.807, 2.05) is 0 Å². The van der Waals surface area contributed by atoms with Crippen LogP contribution in [0, 0.1) is 0 Å². The number of hydrogen-bond donors (Lipinski definition) is 2. The zero-order valence-electron chi connectivity index (χ0n) is 13.0. The van der Waals surface area contributed by atoms with Crippen molar-refractivity contribution in [2.24, 2.45) is 0 Å². The third kappa shape index (κ3) is 5.75. The number of amides is 1. The number of para-hydroxylation sites is 1. The molecule has 24 heavy (non-hydrogen) atoms. The smallest absolute Gasteiger partial charge is 0.251 e. The van der Waals surface area contributed by atoms with Crippen LogP contribution < -0.4 is 14.8 Å². The Bertz CT molecular complexity index is 824. The summed E-state index contributed by atoms with van der Waals surface area (Å²) < 4.78 is 30.2. The lowest BCUT2D eigenvalue weighted by atomic mass is 10.2. The van der Waals surface area contributed by atoms with Gasteiger partial charge in [-0.15, -0.1) is 0 Å². The van der Waals surface area contributed by atoms with Gasteiger partial charge in [-0.2, -0.15) is 0 Å². The lowest BCUT2D eigenvalue weighted by molar-refractivity contribution is 0.0947. The maximum atomic E-state index is 12.1. The number of rotatable bonds is 7. The zero-order valence-corrected chi connectivity index (χ0v) is 14.5. The van der Waals surface area contributed by atoms with Crippen LogP contribution in [0.1, 0.15) is 10.4 Å². The first-order valence-electron chi connectivity index (χ1n) is 7.08. The number of ether oxygens (including phenoxy) is 1. The molecule has 0 radical (unpaired) electrons. The molecule has 0 saturated carbocycles. The third-order valence-corrected chi connectivity index (χ3v) is 3.83. The molecule has 0 aliphatic rings. The molecule has 2 N–H and O–H groups in total. The number of benzene rings is 2. The van der Waals surface area contributed by atoms with Gasteiger partial charge in [-0.25, -0.2) is 8.42 Å². The Hall–Kier alpha value is -2.25. The summed E-state index contributed by atoms with van der Waals surface area (Å²) in [4.78, 5) is 12.1. The van der Waals surface area contributed by atoms with Gasteiger partial charge in [0.2, 0.25) is 10.0 Å². The van der Waals surface area contributed by atoms with Crippen LogP contribution in [0.25, 0.3) is 0 Å². The quantitative estimate of drug-likeness (QED) is 0.735. The SMILES string of the molecule is CS(=O)(=O)Nc1cccc(C(=O)NCCOc2ccccc2Cl)c1. The molecule has 1 amide bonds. The fourth-order valence-corrected chi connectivity index (χ4v) is 2.67. The fraction of sp³-hybridized carbons (Fsp3) is 0.188. The van der Waals surface area contributed by atoms with E-state index in [1.165, 1.54) is 6.07 Å². The van der Waals surface area contributed by atoms with Gasteiger partial charge in [-0.05, 0) is 30.3 Å². The van der Waals surface area contributed by atoms with Crippen molar-refractivity contribution in [1.82, 2.24) is 5.32 Å². The molecule has 0 atom stereocenters. The average Bonchev–Trinajstić information content (AvgIpc) is 2.51. The van der Waals surface area contributed by atoms with Gasteiger partial charge >= 0.3 is 0 Å². The molecule has 0 unspecified atom stereocenters. The van der Waals surface area contributed by atoms with Crippen molar-refractivity contribution in [2.45, 2.75) is 0 Å². The van der Waals surface area contributed by atoms with Crippen LogP contribution >= 0.6 is 11.6 Å².